The van der Waals surface area contributed by atoms with Crippen molar-refractivity contribution in [2.75, 3.05) is 30.4 Å². The van der Waals surface area contributed by atoms with Gasteiger partial charge in [-0.2, -0.15) is 13.2 Å². The highest BCUT2D eigenvalue weighted by atomic mass is 19.4. The molecule has 0 saturated carbocycles. The third-order valence-corrected chi connectivity index (χ3v) is 2.53. The maximum absolute atomic E-state index is 12.7. The smallest absolute Gasteiger partial charge is 0.373 e. The van der Waals surface area contributed by atoms with Gasteiger partial charge in [-0.05, 0) is 12.8 Å². The van der Waals surface area contributed by atoms with E-state index in [1.54, 1.807) is 6.07 Å². The van der Waals surface area contributed by atoms with Gasteiger partial charge < -0.3 is 10.2 Å². The zero-order valence-corrected chi connectivity index (χ0v) is 11.4. The minimum absolute atomic E-state index is 0.175. The minimum atomic E-state index is -4.54. The molecule has 0 fully saturated rings. The van der Waals surface area contributed by atoms with E-state index in [4.69, 9.17) is 0 Å². The van der Waals surface area contributed by atoms with E-state index in [-0.39, 0.29) is 5.82 Å². The number of rotatable bonds is 6. The summed E-state index contributed by atoms with van der Waals surface area (Å²) >= 11 is 0. The molecular weight excluding hydrogens is 257 g/mol. The summed E-state index contributed by atoms with van der Waals surface area (Å²) in [6.07, 6.45) is -2.84. The quantitative estimate of drug-likeness (QED) is 0.866. The average Bonchev–Trinajstić information content (AvgIpc) is 2.37. The Hall–Kier alpha value is -1.53. The molecule has 0 spiro atoms. The molecule has 0 saturated heterocycles. The fourth-order valence-corrected chi connectivity index (χ4v) is 1.73. The highest BCUT2D eigenvalue weighted by molar-refractivity contribution is 5.49. The van der Waals surface area contributed by atoms with Gasteiger partial charge >= 0.3 is 6.18 Å². The first-order valence-corrected chi connectivity index (χ1v) is 6.31. The van der Waals surface area contributed by atoms with Crippen molar-refractivity contribution in [1.29, 1.82) is 0 Å². The zero-order valence-electron chi connectivity index (χ0n) is 11.4. The van der Waals surface area contributed by atoms with Crippen LogP contribution in [0.1, 0.15) is 32.5 Å². The summed E-state index contributed by atoms with van der Waals surface area (Å²) in [4.78, 5) is 8.94. The average molecular weight is 276 g/mol. The van der Waals surface area contributed by atoms with Gasteiger partial charge in [0.1, 0.15) is 11.6 Å². The predicted molar refractivity (Wildman–Crippen MR) is 69.4 cm³/mol. The van der Waals surface area contributed by atoms with Crippen molar-refractivity contribution in [2.45, 2.75) is 32.9 Å². The van der Waals surface area contributed by atoms with Crippen LogP contribution in [-0.4, -0.2) is 30.1 Å². The van der Waals surface area contributed by atoms with Crippen LogP contribution < -0.4 is 10.2 Å². The Balaban J connectivity index is 3.17. The van der Waals surface area contributed by atoms with Crippen molar-refractivity contribution in [2.24, 2.45) is 0 Å². The van der Waals surface area contributed by atoms with Crippen molar-refractivity contribution in [3.8, 4) is 0 Å². The number of anilines is 2. The van der Waals surface area contributed by atoms with Gasteiger partial charge in [0.25, 0.3) is 0 Å². The van der Waals surface area contributed by atoms with E-state index in [9.17, 15) is 13.2 Å². The van der Waals surface area contributed by atoms with Crippen molar-refractivity contribution in [1.82, 2.24) is 9.97 Å². The van der Waals surface area contributed by atoms with Crippen molar-refractivity contribution in [3.63, 3.8) is 0 Å². The molecule has 1 aromatic rings. The Morgan fingerprint density at radius 1 is 1.16 bits per heavy atom. The van der Waals surface area contributed by atoms with Gasteiger partial charge in [-0.15, -0.1) is 0 Å². The molecule has 0 amide bonds. The van der Waals surface area contributed by atoms with E-state index in [1.165, 1.54) is 7.05 Å². The maximum Gasteiger partial charge on any atom is 0.451 e. The van der Waals surface area contributed by atoms with E-state index in [2.05, 4.69) is 15.3 Å². The first kappa shape index (κ1) is 15.5. The lowest BCUT2D eigenvalue weighted by molar-refractivity contribution is -0.144. The number of nitrogens with zero attached hydrogens (tertiary/aromatic N) is 3. The number of hydrogen-bond acceptors (Lipinski definition) is 4. The van der Waals surface area contributed by atoms with E-state index in [0.717, 1.165) is 12.8 Å². The Bertz CT molecular complexity index is 400. The molecule has 1 aromatic heterocycles. The molecule has 7 heteroatoms. The van der Waals surface area contributed by atoms with Crippen LogP contribution in [0.3, 0.4) is 0 Å². The van der Waals surface area contributed by atoms with Crippen LogP contribution in [0.2, 0.25) is 0 Å². The third-order valence-electron chi connectivity index (χ3n) is 2.53. The SMILES string of the molecule is CCCN(CCC)c1cc(NC)nc(C(F)(F)F)n1. The first-order valence-electron chi connectivity index (χ1n) is 6.31. The normalized spacial score (nSPS) is 11.5. The van der Waals surface area contributed by atoms with E-state index in [0.29, 0.717) is 18.9 Å². The van der Waals surface area contributed by atoms with Crippen molar-refractivity contribution < 1.29 is 13.2 Å². The van der Waals surface area contributed by atoms with Crippen LogP contribution in [0.15, 0.2) is 6.07 Å². The first-order chi connectivity index (χ1) is 8.92. The second-order valence-electron chi connectivity index (χ2n) is 4.17. The monoisotopic (exact) mass is 276 g/mol. The molecule has 0 radical (unpaired) electrons. The lowest BCUT2D eigenvalue weighted by atomic mass is 10.3. The Morgan fingerprint density at radius 3 is 2.16 bits per heavy atom. The number of aromatic nitrogens is 2. The van der Waals surface area contributed by atoms with Crippen molar-refractivity contribution >= 4 is 11.6 Å². The summed E-state index contributed by atoms with van der Waals surface area (Å²) in [6, 6.07) is 1.54. The molecule has 19 heavy (non-hydrogen) atoms. The van der Waals surface area contributed by atoms with Crippen LogP contribution in [0.5, 0.6) is 0 Å². The van der Waals surface area contributed by atoms with Gasteiger partial charge in [-0.25, -0.2) is 9.97 Å². The van der Waals surface area contributed by atoms with E-state index in [1.807, 2.05) is 18.7 Å². The number of hydrogen-bond donors (Lipinski definition) is 1. The van der Waals surface area contributed by atoms with Crippen molar-refractivity contribution in [3.05, 3.63) is 11.9 Å². The summed E-state index contributed by atoms with van der Waals surface area (Å²) in [6.45, 7) is 5.30. The lowest BCUT2D eigenvalue weighted by Crippen LogP contribution is -2.27. The molecule has 0 aliphatic carbocycles. The maximum atomic E-state index is 12.7. The summed E-state index contributed by atoms with van der Waals surface area (Å²) in [7, 11) is 1.54. The lowest BCUT2D eigenvalue weighted by Gasteiger charge is -2.23. The predicted octanol–water partition coefficient (Wildman–Crippen LogP) is 3.16. The summed E-state index contributed by atoms with van der Waals surface area (Å²) < 4.78 is 38.2. The molecule has 108 valence electrons. The second kappa shape index (κ2) is 6.58. The van der Waals surface area contributed by atoms with Gasteiger partial charge in [-0.3, -0.25) is 0 Å². The molecule has 0 aromatic carbocycles. The van der Waals surface area contributed by atoms with Gasteiger partial charge in [0.15, 0.2) is 0 Å². The molecule has 1 rings (SSSR count). The Morgan fingerprint density at radius 2 is 1.74 bits per heavy atom. The molecule has 0 unspecified atom stereocenters. The van der Waals surface area contributed by atoms with Gasteiger partial charge in [0, 0.05) is 26.2 Å². The molecule has 0 aliphatic rings. The molecular formula is C12H19F3N4. The number of nitrogens with one attached hydrogen (secondary N) is 1. The minimum Gasteiger partial charge on any atom is -0.373 e. The molecule has 1 heterocycles. The Labute approximate surface area is 111 Å². The van der Waals surface area contributed by atoms with E-state index < -0.39 is 12.0 Å². The summed E-state index contributed by atoms with van der Waals surface area (Å²) in [5, 5.41) is 2.64. The fourth-order valence-electron chi connectivity index (χ4n) is 1.73. The molecule has 4 nitrogen and oxygen atoms in total. The highest BCUT2D eigenvalue weighted by Gasteiger charge is 2.35. The van der Waals surface area contributed by atoms with Crippen LogP contribution in [-0.2, 0) is 6.18 Å². The molecule has 0 atom stereocenters. The highest BCUT2D eigenvalue weighted by Crippen LogP contribution is 2.29. The van der Waals surface area contributed by atoms with Crippen LogP contribution >= 0.6 is 0 Å². The standard InChI is InChI=1S/C12H19F3N4/c1-4-6-19(7-5-2)10-8-9(16-3)17-11(18-10)12(13,14)15/h8H,4-7H2,1-3H3,(H,16,17,18). The van der Waals surface area contributed by atoms with Gasteiger partial charge in [0.05, 0.1) is 0 Å². The molecule has 1 N–H and O–H groups in total. The van der Waals surface area contributed by atoms with Gasteiger partial charge in [0.2, 0.25) is 5.82 Å². The van der Waals surface area contributed by atoms with Crippen LogP contribution in [0, 0.1) is 0 Å². The third kappa shape index (κ3) is 4.25. The largest absolute Gasteiger partial charge is 0.451 e. The number of halogens is 3. The van der Waals surface area contributed by atoms with Crippen LogP contribution in [0.25, 0.3) is 0 Å². The Kier molecular flexibility index (Phi) is 5.38. The summed E-state index contributed by atoms with van der Waals surface area (Å²) in [5.41, 5.74) is 0. The summed E-state index contributed by atoms with van der Waals surface area (Å²) in [5.74, 6) is -0.614. The second-order valence-corrected chi connectivity index (χ2v) is 4.17. The molecule has 0 aliphatic heterocycles. The number of alkyl halides is 3. The fraction of sp³-hybridized carbons (Fsp3) is 0.667. The zero-order chi connectivity index (χ0) is 14.5. The van der Waals surface area contributed by atoms with Crippen LogP contribution in [0.4, 0.5) is 24.8 Å². The van der Waals surface area contributed by atoms with Gasteiger partial charge in [-0.1, -0.05) is 13.8 Å². The van der Waals surface area contributed by atoms with E-state index >= 15 is 0 Å². The molecule has 0 bridgehead atoms. The topological polar surface area (TPSA) is 41.0 Å².